The smallest absolute Gasteiger partial charge is 0.137 e. The maximum atomic E-state index is 10.6. The molecule has 2 N–H and O–H groups in total. The Bertz CT molecular complexity index is 2220. The van der Waals surface area contributed by atoms with Crippen molar-refractivity contribution in [2.75, 3.05) is 0 Å². The molecule has 0 aliphatic rings. The van der Waals surface area contributed by atoms with Crippen LogP contribution in [0.2, 0.25) is 0 Å². The van der Waals surface area contributed by atoms with Crippen LogP contribution in [0.1, 0.15) is 41.0 Å². The van der Waals surface area contributed by atoms with Gasteiger partial charge in [0, 0.05) is 22.0 Å². The van der Waals surface area contributed by atoms with Crippen molar-refractivity contribution in [2.45, 2.75) is 26.7 Å². The van der Waals surface area contributed by atoms with E-state index in [0.717, 1.165) is 53.7 Å². The van der Waals surface area contributed by atoms with Crippen LogP contribution >= 0.6 is 22.7 Å². The summed E-state index contributed by atoms with van der Waals surface area (Å²) in [7, 11) is 0. The first kappa shape index (κ1) is 25.9. The third kappa shape index (κ3) is 4.04. The fourth-order valence-electron chi connectivity index (χ4n) is 5.52. The van der Waals surface area contributed by atoms with Gasteiger partial charge in [-0.25, -0.2) is 9.97 Å². The number of para-hydroxylation sites is 2. The molecule has 7 rings (SSSR count). The largest absolute Gasteiger partial charge is 0.356 e. The third-order valence-corrected chi connectivity index (χ3v) is 9.62. The van der Waals surface area contributed by atoms with Gasteiger partial charge in [0.1, 0.15) is 33.3 Å². The zero-order chi connectivity index (χ0) is 29.0. The predicted molar refractivity (Wildman–Crippen MR) is 172 cm³/mol. The number of nitriles is 2. The summed E-state index contributed by atoms with van der Waals surface area (Å²) in [5.74, 6) is 0.0890. The topological polar surface area (TPSA) is 105 Å². The van der Waals surface area contributed by atoms with Crippen molar-refractivity contribution in [1.82, 2.24) is 19.9 Å². The van der Waals surface area contributed by atoms with Crippen LogP contribution in [-0.2, 0) is 0 Å². The van der Waals surface area contributed by atoms with Crippen LogP contribution in [0.15, 0.2) is 72.8 Å². The Labute approximate surface area is 249 Å². The van der Waals surface area contributed by atoms with Crippen molar-refractivity contribution in [2.24, 2.45) is 0 Å². The number of thiazole rings is 2. The molecule has 7 aromatic rings. The summed E-state index contributed by atoms with van der Waals surface area (Å²) in [5.41, 5.74) is 6.59. The van der Waals surface area contributed by atoms with Gasteiger partial charge in [-0.3, -0.25) is 0 Å². The van der Waals surface area contributed by atoms with E-state index in [0.29, 0.717) is 31.9 Å². The Morgan fingerprint density at radius 2 is 1.24 bits per heavy atom. The lowest BCUT2D eigenvalue weighted by molar-refractivity contribution is 0.835. The van der Waals surface area contributed by atoms with Gasteiger partial charge in [0.05, 0.1) is 36.8 Å². The average Bonchev–Trinajstić information content (AvgIpc) is 3.77. The van der Waals surface area contributed by atoms with Gasteiger partial charge >= 0.3 is 0 Å². The number of aromatic nitrogens is 4. The summed E-state index contributed by atoms with van der Waals surface area (Å²) >= 11 is 3.01. The molecule has 3 aromatic carbocycles. The Hall–Kier alpha value is -5.02. The molecule has 0 radical (unpaired) electrons. The number of aryl methyl sites for hydroxylation is 1. The number of nitrogens with one attached hydrogen (secondary N) is 2. The number of nitrogens with zero attached hydrogens (tertiary/aromatic N) is 4. The van der Waals surface area contributed by atoms with Crippen LogP contribution < -0.4 is 10.7 Å². The summed E-state index contributed by atoms with van der Waals surface area (Å²) in [6, 6.07) is 29.0. The molecular weight excluding hydrogens is 557 g/mol. The highest BCUT2D eigenvalue weighted by atomic mass is 32.1. The van der Waals surface area contributed by atoms with Crippen molar-refractivity contribution < 1.29 is 0 Å². The maximum Gasteiger partial charge on any atom is 0.137 e. The number of fused-ring (bicyclic) bond motifs is 3. The lowest BCUT2D eigenvalue weighted by Gasteiger charge is -2.04. The van der Waals surface area contributed by atoms with Crippen LogP contribution in [0.5, 0.6) is 0 Å². The van der Waals surface area contributed by atoms with Crippen molar-refractivity contribution in [1.29, 1.82) is 10.5 Å². The maximum absolute atomic E-state index is 10.6. The highest BCUT2D eigenvalue weighted by Crippen LogP contribution is 2.33. The zero-order valence-electron chi connectivity index (χ0n) is 23.1. The van der Waals surface area contributed by atoms with Gasteiger partial charge in [-0.2, -0.15) is 10.5 Å². The first-order valence-corrected chi connectivity index (χ1v) is 15.2. The number of rotatable bonds is 4. The summed E-state index contributed by atoms with van der Waals surface area (Å²) in [4.78, 5) is 17.0. The minimum atomic E-state index is 0.0890. The summed E-state index contributed by atoms with van der Waals surface area (Å²) in [5, 5.41) is 25.7. The van der Waals surface area contributed by atoms with Gasteiger partial charge in [-0.1, -0.05) is 62.4 Å². The Morgan fingerprint density at radius 1 is 0.714 bits per heavy atom. The van der Waals surface area contributed by atoms with Gasteiger partial charge in [0.25, 0.3) is 0 Å². The molecule has 0 aliphatic heterocycles. The lowest BCUT2D eigenvalue weighted by atomic mass is 10.0. The molecule has 4 heterocycles. The van der Waals surface area contributed by atoms with E-state index in [1.165, 1.54) is 22.7 Å². The standard InChI is InChI=1S/C34H24N6S2/c1-18(2)29-27-28(32(39-29)22(17-36)34-38-24-13-7-9-15-26(24)42-34)30(20-11-5-4-10-19(20)3)40-31(27)21(16-35)33-37-23-12-6-8-14-25(23)41-33/h4-15,18,39-40H,1-3H3/b31-21-,32-22-. The van der Waals surface area contributed by atoms with Gasteiger partial charge in [-0.05, 0) is 42.7 Å². The van der Waals surface area contributed by atoms with E-state index in [4.69, 9.17) is 9.97 Å². The molecule has 0 amide bonds. The highest BCUT2D eigenvalue weighted by Gasteiger charge is 2.24. The minimum absolute atomic E-state index is 0.0890. The Kier molecular flexibility index (Phi) is 6.24. The molecule has 6 nitrogen and oxygen atoms in total. The van der Waals surface area contributed by atoms with Crippen molar-refractivity contribution in [3.05, 3.63) is 105 Å². The van der Waals surface area contributed by atoms with Crippen molar-refractivity contribution >= 4 is 65.0 Å². The van der Waals surface area contributed by atoms with Gasteiger partial charge < -0.3 is 9.97 Å². The van der Waals surface area contributed by atoms with Crippen molar-refractivity contribution in [3.8, 4) is 23.4 Å². The van der Waals surface area contributed by atoms with Gasteiger partial charge in [0.2, 0.25) is 0 Å². The summed E-state index contributed by atoms with van der Waals surface area (Å²) < 4.78 is 2.05. The number of hydrogen-bond donors (Lipinski definition) is 2. The quantitative estimate of drug-likeness (QED) is 0.229. The molecule has 0 aliphatic carbocycles. The molecular formula is C34H24N6S2. The number of benzene rings is 3. The molecule has 202 valence electrons. The van der Waals surface area contributed by atoms with E-state index in [9.17, 15) is 10.5 Å². The van der Waals surface area contributed by atoms with E-state index in [1.54, 1.807) is 0 Å². The summed E-state index contributed by atoms with van der Waals surface area (Å²) in [6.45, 7) is 6.31. The lowest BCUT2D eigenvalue weighted by Crippen LogP contribution is -2.12. The van der Waals surface area contributed by atoms with E-state index in [-0.39, 0.29) is 5.92 Å². The van der Waals surface area contributed by atoms with Crippen LogP contribution in [0.25, 0.3) is 53.6 Å². The second-order valence-electron chi connectivity index (χ2n) is 10.5. The second-order valence-corrected chi connectivity index (χ2v) is 12.5. The van der Waals surface area contributed by atoms with Crippen LogP contribution in [-0.4, -0.2) is 19.9 Å². The predicted octanol–water partition coefficient (Wildman–Crippen LogP) is 7.26. The second kappa shape index (κ2) is 10.1. The minimum Gasteiger partial charge on any atom is -0.356 e. The third-order valence-electron chi connectivity index (χ3n) is 7.51. The van der Waals surface area contributed by atoms with Crippen LogP contribution in [0.3, 0.4) is 0 Å². The Balaban J connectivity index is 1.69. The zero-order valence-corrected chi connectivity index (χ0v) is 24.7. The molecule has 4 aromatic heterocycles. The molecule has 0 atom stereocenters. The van der Waals surface area contributed by atoms with E-state index < -0.39 is 0 Å². The molecule has 0 spiro atoms. The van der Waals surface area contributed by atoms with Crippen LogP contribution in [0, 0.1) is 29.6 Å². The Morgan fingerprint density at radius 3 is 1.76 bits per heavy atom. The molecule has 0 unspecified atom stereocenters. The van der Waals surface area contributed by atoms with E-state index >= 15 is 0 Å². The molecule has 0 saturated heterocycles. The van der Waals surface area contributed by atoms with Crippen molar-refractivity contribution in [3.63, 3.8) is 0 Å². The first-order valence-electron chi connectivity index (χ1n) is 13.6. The first-order chi connectivity index (χ1) is 20.5. The molecule has 42 heavy (non-hydrogen) atoms. The monoisotopic (exact) mass is 580 g/mol. The number of aromatic amines is 2. The molecule has 0 fully saturated rings. The summed E-state index contributed by atoms with van der Waals surface area (Å²) in [6.07, 6.45) is 0. The average molecular weight is 581 g/mol. The van der Waals surface area contributed by atoms with Gasteiger partial charge in [-0.15, -0.1) is 22.7 Å². The molecule has 0 bridgehead atoms. The number of H-pyrrole nitrogens is 2. The van der Waals surface area contributed by atoms with E-state index in [1.807, 2.05) is 60.7 Å². The highest BCUT2D eigenvalue weighted by molar-refractivity contribution is 7.20. The van der Waals surface area contributed by atoms with E-state index in [2.05, 4.69) is 55.0 Å². The fourth-order valence-corrected chi connectivity index (χ4v) is 7.46. The SMILES string of the molecule is Cc1ccccc1-c1[nH]/c(=C(/C#N)c2nc3ccccc3s2)c2c(C(C)C)[nH]/c(=C(/C#N)c3nc4ccccc4s3)c12. The van der Waals surface area contributed by atoms with Crippen LogP contribution in [0.4, 0.5) is 0 Å². The fraction of sp³-hybridized carbons (Fsp3) is 0.118. The normalized spacial score (nSPS) is 13.1. The molecule has 8 heteroatoms. The van der Waals surface area contributed by atoms with Gasteiger partial charge in [0.15, 0.2) is 0 Å². The number of hydrogen-bond acceptors (Lipinski definition) is 6. The molecule has 0 saturated carbocycles.